The molecule has 2 amide bonds. The number of halogens is 3. The summed E-state index contributed by atoms with van der Waals surface area (Å²) in [6.07, 6.45) is 0.226. The molecular weight excluding hydrogens is 638 g/mol. The molecule has 0 radical (unpaired) electrons. The van der Waals surface area contributed by atoms with Crippen molar-refractivity contribution in [2.24, 2.45) is 0 Å². The summed E-state index contributed by atoms with van der Waals surface area (Å²) in [5.74, 6) is -2.39. The Hall–Kier alpha value is -4.05. The summed E-state index contributed by atoms with van der Waals surface area (Å²) in [7, 11) is 0.547. The molecule has 1 N–H and O–H groups in total. The number of nitrogens with zero attached hydrogens (tertiary/aromatic N) is 4. The molecule has 1 fully saturated rings. The van der Waals surface area contributed by atoms with E-state index >= 15 is 4.79 Å². The average Bonchev–Trinajstić information content (AvgIpc) is 3.50. The fraction of sp³-hybridized carbons (Fsp3) is 0.345. The Morgan fingerprint density at radius 1 is 1.13 bits per heavy atom. The molecule has 1 aromatic heterocycles. The molecule has 12 nitrogen and oxygen atoms in total. The highest BCUT2D eigenvalue weighted by atomic mass is 35.5. The number of likely N-dealkylation sites (tertiary alicyclic amines) is 1. The van der Waals surface area contributed by atoms with Gasteiger partial charge in [0.2, 0.25) is 11.8 Å². The molecule has 2 aromatic carbocycles. The molecule has 16 heteroatoms. The molecule has 45 heavy (non-hydrogen) atoms. The van der Waals surface area contributed by atoms with Crippen LogP contribution in [0.3, 0.4) is 0 Å². The lowest BCUT2D eigenvalue weighted by molar-refractivity contribution is -0.138. The lowest BCUT2D eigenvalue weighted by Crippen LogP contribution is -2.59. The second kappa shape index (κ2) is 12.0. The fourth-order valence-electron chi connectivity index (χ4n) is 5.94. The molecule has 3 atom stereocenters. The van der Waals surface area contributed by atoms with Crippen LogP contribution < -0.4 is 18.5 Å². The number of hydrogen-bond donors (Lipinski definition) is 1. The normalized spacial score (nSPS) is 21.6. The van der Waals surface area contributed by atoms with Crippen molar-refractivity contribution in [3.05, 3.63) is 70.9 Å². The number of benzene rings is 2. The predicted molar refractivity (Wildman–Crippen MR) is 157 cm³/mol. The number of ether oxygens (including phenoxy) is 3. The first-order valence-corrected chi connectivity index (χ1v) is 15.3. The Balaban J connectivity index is 1.85. The molecule has 1 unspecified atom stereocenters. The van der Waals surface area contributed by atoms with Crippen molar-refractivity contribution in [3.8, 4) is 17.4 Å². The van der Waals surface area contributed by atoms with Gasteiger partial charge in [0.25, 0.3) is 15.9 Å². The van der Waals surface area contributed by atoms with Gasteiger partial charge in [-0.05, 0) is 48.9 Å². The molecule has 3 heterocycles. The van der Waals surface area contributed by atoms with Crippen molar-refractivity contribution >= 4 is 39.1 Å². The second-order valence-electron chi connectivity index (χ2n) is 10.5. The van der Waals surface area contributed by atoms with Gasteiger partial charge >= 0.3 is 6.61 Å². The van der Waals surface area contributed by atoms with E-state index in [1.165, 1.54) is 80.7 Å². The third-order valence-corrected chi connectivity index (χ3v) is 9.71. The number of anilines is 1. The molecule has 240 valence electrons. The number of sulfonamides is 1. The third-order valence-electron chi connectivity index (χ3n) is 7.74. The van der Waals surface area contributed by atoms with Gasteiger partial charge < -0.3 is 24.2 Å². The fourth-order valence-corrected chi connectivity index (χ4v) is 7.68. The topological polar surface area (TPSA) is 139 Å². The van der Waals surface area contributed by atoms with E-state index in [1.807, 2.05) is 0 Å². The zero-order chi connectivity index (χ0) is 32.8. The average molecular weight is 667 g/mol. The van der Waals surface area contributed by atoms with E-state index in [-0.39, 0.29) is 46.4 Å². The Morgan fingerprint density at radius 3 is 2.51 bits per heavy atom. The van der Waals surface area contributed by atoms with Crippen LogP contribution >= 0.6 is 11.6 Å². The maximum absolute atomic E-state index is 15.1. The molecule has 0 saturated carbocycles. The zero-order valence-electron chi connectivity index (χ0n) is 24.5. The summed E-state index contributed by atoms with van der Waals surface area (Å²) < 4.78 is 71.6. The number of carbonyl (C=O) groups is 2. The second-order valence-corrected chi connectivity index (χ2v) is 12.7. The molecule has 0 aliphatic carbocycles. The first kappa shape index (κ1) is 32.3. The van der Waals surface area contributed by atoms with Gasteiger partial charge in [0.05, 0.1) is 32.1 Å². The standard InChI is InChI=1S/C29H29ClF2N4O8S/c1-34(2)26(38)22-13-17(37)15-35(22)29(19-6-5-11-33-25(19)43-4)20-12-16(30)7-9-21(20)36(27(29)39)45(40,41)24-10-8-18(42-3)14-23(24)44-28(31)32/h5-12,14,17,22,28,37H,13,15H2,1-4H3/t17-,22+,29?/m1/s1. The summed E-state index contributed by atoms with van der Waals surface area (Å²) in [4.78, 5) is 34.9. The maximum Gasteiger partial charge on any atom is 0.387 e. The number of β-amino-alcohol motifs (C(OH)–C–C–N with tert-alkyl or cyclic N) is 1. The van der Waals surface area contributed by atoms with E-state index in [9.17, 15) is 27.1 Å². The highest BCUT2D eigenvalue weighted by Gasteiger charge is 2.64. The summed E-state index contributed by atoms with van der Waals surface area (Å²) in [6.45, 7) is -3.65. The number of carbonyl (C=O) groups excluding carboxylic acids is 2. The van der Waals surface area contributed by atoms with Crippen LogP contribution in [0.1, 0.15) is 17.5 Å². The smallest absolute Gasteiger partial charge is 0.387 e. The molecule has 3 aromatic rings. The van der Waals surface area contributed by atoms with Gasteiger partial charge in [0.1, 0.15) is 16.4 Å². The van der Waals surface area contributed by atoms with Crippen molar-refractivity contribution < 1.29 is 46.1 Å². The van der Waals surface area contributed by atoms with E-state index in [1.54, 1.807) is 0 Å². The van der Waals surface area contributed by atoms with E-state index in [0.29, 0.717) is 4.31 Å². The summed E-state index contributed by atoms with van der Waals surface area (Å²) >= 11 is 6.45. The third kappa shape index (κ3) is 5.22. The number of methoxy groups -OCH3 is 2. The first-order chi connectivity index (χ1) is 21.3. The minimum absolute atomic E-state index is 0.0232. The van der Waals surface area contributed by atoms with Gasteiger partial charge in [-0.15, -0.1) is 0 Å². The van der Waals surface area contributed by atoms with E-state index in [4.69, 9.17) is 21.1 Å². The monoisotopic (exact) mass is 666 g/mol. The van der Waals surface area contributed by atoms with Crippen molar-refractivity contribution in [2.45, 2.75) is 35.6 Å². The largest absolute Gasteiger partial charge is 0.497 e. The molecule has 0 bridgehead atoms. The Kier molecular flexibility index (Phi) is 8.65. The van der Waals surface area contributed by atoms with Crippen molar-refractivity contribution in [2.75, 3.05) is 39.2 Å². The van der Waals surface area contributed by atoms with Crippen LogP contribution in [0.5, 0.6) is 17.4 Å². The van der Waals surface area contributed by atoms with Gasteiger partial charge in [-0.2, -0.15) is 8.78 Å². The quantitative estimate of drug-likeness (QED) is 0.363. The predicted octanol–water partition coefficient (Wildman–Crippen LogP) is 2.86. The number of hydrogen-bond acceptors (Lipinski definition) is 10. The minimum Gasteiger partial charge on any atom is -0.497 e. The lowest BCUT2D eigenvalue weighted by Gasteiger charge is -2.41. The highest BCUT2D eigenvalue weighted by molar-refractivity contribution is 7.93. The summed E-state index contributed by atoms with van der Waals surface area (Å²) in [5.41, 5.74) is -2.24. The van der Waals surface area contributed by atoms with Crippen LogP contribution in [-0.2, 0) is 25.2 Å². The number of likely N-dealkylation sites (N-methyl/N-ethyl adjacent to an activating group) is 1. The number of aliphatic hydroxyl groups excluding tert-OH is 1. The van der Waals surface area contributed by atoms with E-state index in [2.05, 4.69) is 9.72 Å². The van der Waals surface area contributed by atoms with Crippen LogP contribution in [0.15, 0.2) is 59.6 Å². The Morgan fingerprint density at radius 2 is 1.87 bits per heavy atom. The SMILES string of the molecule is COc1ccc(S(=O)(=O)N2C(=O)C(c3cccnc3OC)(N3C[C@H](O)C[C@H]3C(=O)N(C)C)c3cc(Cl)ccc32)c(OC(F)F)c1. The van der Waals surface area contributed by atoms with Crippen LogP contribution in [-0.4, -0.2) is 93.7 Å². The van der Waals surface area contributed by atoms with Crippen LogP contribution in [0.2, 0.25) is 5.02 Å². The molecular formula is C29H29ClF2N4O8S. The summed E-state index contributed by atoms with van der Waals surface area (Å²) in [5, 5.41) is 11.0. The van der Waals surface area contributed by atoms with Crippen molar-refractivity contribution in [1.82, 2.24) is 14.8 Å². The number of aromatic nitrogens is 1. The number of aliphatic hydroxyl groups is 1. The summed E-state index contributed by atoms with van der Waals surface area (Å²) in [6, 6.07) is 9.07. The van der Waals surface area contributed by atoms with Gasteiger partial charge in [0, 0.05) is 49.1 Å². The van der Waals surface area contributed by atoms with E-state index in [0.717, 1.165) is 12.1 Å². The first-order valence-electron chi connectivity index (χ1n) is 13.5. The number of amides is 2. The highest BCUT2D eigenvalue weighted by Crippen LogP contribution is 2.55. The lowest BCUT2D eigenvalue weighted by atomic mass is 9.81. The minimum atomic E-state index is -5.03. The molecule has 1 saturated heterocycles. The van der Waals surface area contributed by atoms with Crippen molar-refractivity contribution in [1.29, 1.82) is 0 Å². The molecule has 0 spiro atoms. The van der Waals surface area contributed by atoms with Crippen LogP contribution in [0.25, 0.3) is 0 Å². The molecule has 2 aliphatic rings. The molecule has 2 aliphatic heterocycles. The van der Waals surface area contributed by atoms with Gasteiger partial charge in [-0.3, -0.25) is 14.5 Å². The number of pyridine rings is 1. The van der Waals surface area contributed by atoms with Crippen LogP contribution in [0, 0.1) is 0 Å². The van der Waals surface area contributed by atoms with Gasteiger partial charge in [-0.25, -0.2) is 17.7 Å². The van der Waals surface area contributed by atoms with Crippen molar-refractivity contribution in [3.63, 3.8) is 0 Å². The van der Waals surface area contributed by atoms with Crippen LogP contribution in [0.4, 0.5) is 14.5 Å². The zero-order valence-corrected chi connectivity index (χ0v) is 26.1. The number of fused-ring (bicyclic) bond motifs is 1. The number of rotatable bonds is 9. The van der Waals surface area contributed by atoms with Gasteiger partial charge in [0.15, 0.2) is 5.54 Å². The van der Waals surface area contributed by atoms with E-state index < -0.39 is 56.8 Å². The Labute approximate surface area is 262 Å². The Bertz CT molecular complexity index is 1760. The number of alkyl halides is 2. The maximum atomic E-state index is 15.1. The van der Waals surface area contributed by atoms with Gasteiger partial charge in [-0.1, -0.05) is 11.6 Å². The molecule has 5 rings (SSSR count).